The van der Waals surface area contributed by atoms with Gasteiger partial charge in [-0.25, -0.2) is 4.98 Å². The molecule has 0 aromatic carbocycles. The van der Waals surface area contributed by atoms with Crippen LogP contribution in [0.2, 0.25) is 0 Å². The Morgan fingerprint density at radius 1 is 1.44 bits per heavy atom. The van der Waals surface area contributed by atoms with Gasteiger partial charge in [0.2, 0.25) is 0 Å². The highest BCUT2D eigenvalue weighted by Gasteiger charge is 2.10. The van der Waals surface area contributed by atoms with Gasteiger partial charge in [0.15, 0.2) is 5.82 Å². The van der Waals surface area contributed by atoms with Crippen molar-refractivity contribution in [3.63, 3.8) is 0 Å². The molecule has 0 fully saturated rings. The molecule has 0 unspecified atom stereocenters. The molecule has 6 nitrogen and oxygen atoms in total. The Labute approximate surface area is 105 Å². The Bertz CT molecular complexity index is 581. The van der Waals surface area contributed by atoms with E-state index in [1.54, 1.807) is 17.0 Å². The molecule has 0 aliphatic carbocycles. The van der Waals surface area contributed by atoms with Crippen molar-refractivity contribution < 1.29 is 4.52 Å². The maximum atomic E-state index is 11.9. The van der Waals surface area contributed by atoms with E-state index < -0.39 is 0 Å². The Morgan fingerprint density at radius 2 is 2.22 bits per heavy atom. The highest BCUT2D eigenvalue weighted by atomic mass is 16.5. The summed E-state index contributed by atoms with van der Waals surface area (Å²) < 4.78 is 6.66. The van der Waals surface area contributed by atoms with Gasteiger partial charge in [-0.15, -0.1) is 0 Å². The van der Waals surface area contributed by atoms with Crippen LogP contribution in [-0.2, 0) is 13.1 Å². The third-order valence-electron chi connectivity index (χ3n) is 2.87. The summed E-state index contributed by atoms with van der Waals surface area (Å²) in [5.74, 6) is 1.10. The van der Waals surface area contributed by atoms with Crippen LogP contribution < -0.4 is 10.9 Å². The predicted octanol–water partition coefficient (Wildman–Crippen LogP) is 1.48. The van der Waals surface area contributed by atoms with Gasteiger partial charge < -0.3 is 14.4 Å². The molecule has 0 aliphatic rings. The molecule has 1 N–H and O–H groups in total. The lowest BCUT2D eigenvalue weighted by Gasteiger charge is -2.06. The van der Waals surface area contributed by atoms with Gasteiger partial charge in [-0.1, -0.05) is 5.16 Å². The summed E-state index contributed by atoms with van der Waals surface area (Å²) in [4.78, 5) is 16.0. The van der Waals surface area contributed by atoms with E-state index in [4.69, 9.17) is 4.52 Å². The van der Waals surface area contributed by atoms with Crippen molar-refractivity contribution in [3.8, 4) is 0 Å². The summed E-state index contributed by atoms with van der Waals surface area (Å²) in [6, 6.07) is 0. The third-order valence-corrected chi connectivity index (χ3v) is 2.87. The van der Waals surface area contributed by atoms with Crippen molar-refractivity contribution >= 4 is 5.82 Å². The van der Waals surface area contributed by atoms with Crippen molar-refractivity contribution in [2.75, 3.05) is 5.32 Å². The van der Waals surface area contributed by atoms with Gasteiger partial charge in [-0.05, 0) is 20.8 Å². The van der Waals surface area contributed by atoms with Crippen molar-refractivity contribution in [1.82, 2.24) is 14.7 Å². The molecule has 0 spiro atoms. The minimum Gasteiger partial charge on any atom is -0.361 e. The Balaban J connectivity index is 2.19. The summed E-state index contributed by atoms with van der Waals surface area (Å²) >= 11 is 0. The molecule has 2 heterocycles. The smallest absolute Gasteiger partial charge is 0.293 e. The first-order valence-electron chi connectivity index (χ1n) is 5.84. The van der Waals surface area contributed by atoms with E-state index in [0.29, 0.717) is 18.9 Å². The van der Waals surface area contributed by atoms with Gasteiger partial charge in [0, 0.05) is 31.0 Å². The first-order valence-corrected chi connectivity index (χ1v) is 5.84. The number of rotatable bonds is 4. The number of aromatic nitrogens is 3. The molecule has 0 saturated heterocycles. The molecule has 2 rings (SSSR count). The molecule has 2 aromatic rings. The number of nitrogens with one attached hydrogen (secondary N) is 1. The lowest BCUT2D eigenvalue weighted by atomic mass is 10.2. The molecule has 18 heavy (non-hydrogen) atoms. The summed E-state index contributed by atoms with van der Waals surface area (Å²) in [5, 5.41) is 6.89. The van der Waals surface area contributed by atoms with Gasteiger partial charge in [-0.3, -0.25) is 4.79 Å². The molecule has 0 atom stereocenters. The zero-order valence-electron chi connectivity index (χ0n) is 10.7. The van der Waals surface area contributed by atoms with E-state index >= 15 is 0 Å². The minimum atomic E-state index is -0.119. The number of hydrogen-bond donors (Lipinski definition) is 1. The van der Waals surface area contributed by atoms with Gasteiger partial charge in [0.1, 0.15) is 5.76 Å². The molecule has 0 amide bonds. The second-order valence-electron chi connectivity index (χ2n) is 4.02. The maximum absolute atomic E-state index is 11.9. The zero-order chi connectivity index (χ0) is 13.1. The fourth-order valence-corrected chi connectivity index (χ4v) is 1.74. The standard InChI is InChI=1S/C12H16N4O2/c1-4-16-6-5-13-11(12(16)17)14-7-10-8(2)15-18-9(10)3/h5-6H,4,7H2,1-3H3,(H,13,14). The number of hydrogen-bond acceptors (Lipinski definition) is 5. The van der Waals surface area contributed by atoms with Crippen LogP contribution in [-0.4, -0.2) is 14.7 Å². The SMILES string of the molecule is CCn1ccnc(NCc2c(C)noc2C)c1=O. The molecule has 6 heteroatoms. The second kappa shape index (κ2) is 5.03. The maximum Gasteiger partial charge on any atom is 0.293 e. The Kier molecular flexibility index (Phi) is 3.45. The van der Waals surface area contributed by atoms with Gasteiger partial charge >= 0.3 is 0 Å². The van der Waals surface area contributed by atoms with Crippen LogP contribution in [0.15, 0.2) is 21.7 Å². The highest BCUT2D eigenvalue weighted by molar-refractivity contribution is 5.34. The minimum absolute atomic E-state index is 0.119. The Hall–Kier alpha value is -2.11. The van der Waals surface area contributed by atoms with E-state index in [9.17, 15) is 4.79 Å². The normalized spacial score (nSPS) is 10.6. The number of nitrogens with zero attached hydrogens (tertiary/aromatic N) is 3. The molecule has 0 radical (unpaired) electrons. The number of anilines is 1. The fraction of sp³-hybridized carbons (Fsp3) is 0.417. The third kappa shape index (κ3) is 2.27. The molecule has 0 aliphatic heterocycles. The van der Waals surface area contributed by atoms with Crippen LogP contribution in [0.25, 0.3) is 0 Å². The van der Waals surface area contributed by atoms with Crippen molar-refractivity contribution in [2.45, 2.75) is 33.9 Å². The van der Waals surface area contributed by atoms with E-state index in [0.717, 1.165) is 17.0 Å². The molecular weight excluding hydrogens is 232 g/mol. The first kappa shape index (κ1) is 12.3. The second-order valence-corrected chi connectivity index (χ2v) is 4.02. The van der Waals surface area contributed by atoms with Gasteiger partial charge in [-0.2, -0.15) is 0 Å². The molecule has 96 valence electrons. The van der Waals surface area contributed by atoms with Gasteiger partial charge in [0.25, 0.3) is 5.56 Å². The van der Waals surface area contributed by atoms with Crippen molar-refractivity contribution in [3.05, 3.63) is 39.8 Å². The molecule has 0 bridgehead atoms. The van der Waals surface area contributed by atoms with Crippen molar-refractivity contribution in [1.29, 1.82) is 0 Å². The summed E-state index contributed by atoms with van der Waals surface area (Å²) in [5.41, 5.74) is 1.67. The lowest BCUT2D eigenvalue weighted by Crippen LogP contribution is -2.23. The van der Waals surface area contributed by atoms with E-state index in [2.05, 4.69) is 15.5 Å². The summed E-state index contributed by atoms with van der Waals surface area (Å²) in [6.07, 6.45) is 3.28. The summed E-state index contributed by atoms with van der Waals surface area (Å²) in [6.45, 7) is 6.74. The lowest BCUT2D eigenvalue weighted by molar-refractivity contribution is 0.392. The first-order chi connectivity index (χ1) is 8.63. The van der Waals surface area contributed by atoms with Crippen molar-refractivity contribution in [2.24, 2.45) is 0 Å². The van der Waals surface area contributed by atoms with E-state index in [1.807, 2.05) is 20.8 Å². The van der Waals surface area contributed by atoms with Crippen LogP contribution in [0.4, 0.5) is 5.82 Å². The monoisotopic (exact) mass is 248 g/mol. The quantitative estimate of drug-likeness (QED) is 0.887. The van der Waals surface area contributed by atoms with Crippen LogP contribution >= 0.6 is 0 Å². The van der Waals surface area contributed by atoms with E-state index in [-0.39, 0.29) is 5.56 Å². The predicted molar refractivity (Wildman–Crippen MR) is 67.5 cm³/mol. The van der Waals surface area contributed by atoms with Crippen LogP contribution in [0.5, 0.6) is 0 Å². The number of aryl methyl sites for hydroxylation is 3. The highest BCUT2D eigenvalue weighted by Crippen LogP contribution is 2.12. The van der Waals surface area contributed by atoms with Crippen LogP contribution in [0, 0.1) is 13.8 Å². The zero-order valence-corrected chi connectivity index (χ0v) is 10.7. The molecule has 0 saturated carbocycles. The average molecular weight is 248 g/mol. The Morgan fingerprint density at radius 3 is 2.83 bits per heavy atom. The molecular formula is C12H16N4O2. The largest absolute Gasteiger partial charge is 0.361 e. The van der Waals surface area contributed by atoms with Crippen LogP contribution in [0.1, 0.15) is 23.9 Å². The summed E-state index contributed by atoms with van der Waals surface area (Å²) in [7, 11) is 0. The fourth-order valence-electron chi connectivity index (χ4n) is 1.74. The molecule has 2 aromatic heterocycles. The van der Waals surface area contributed by atoms with Gasteiger partial charge in [0.05, 0.1) is 5.69 Å². The average Bonchev–Trinajstić information content (AvgIpc) is 2.68. The topological polar surface area (TPSA) is 73.0 Å². The van der Waals surface area contributed by atoms with E-state index in [1.165, 1.54) is 0 Å². The van der Waals surface area contributed by atoms with Crippen LogP contribution in [0.3, 0.4) is 0 Å².